The Labute approximate surface area is 160 Å². The Balaban J connectivity index is 1.88. The van der Waals surface area contributed by atoms with Gasteiger partial charge in [0.05, 0.1) is 4.08 Å². The quantitative estimate of drug-likeness (QED) is 0.399. The fraction of sp³-hybridized carbons (Fsp3) is 0.368. The largest absolute Gasteiger partial charge is 0.175 e. The monoisotopic (exact) mass is 380 g/mol. The Bertz CT molecular complexity index is 569. The molecule has 124 valence electrons. The molecule has 0 aromatic heterocycles. The first kappa shape index (κ1) is 19.2. The van der Waals surface area contributed by atoms with Crippen molar-refractivity contribution in [3.63, 3.8) is 0 Å². The van der Waals surface area contributed by atoms with Gasteiger partial charge in [-0.3, -0.25) is 0 Å². The summed E-state index contributed by atoms with van der Waals surface area (Å²) in [6, 6.07) is 17.5. The first-order chi connectivity index (χ1) is 11.0. The lowest BCUT2D eigenvalue weighted by molar-refractivity contribution is 1.02. The molecule has 0 fully saturated rings. The molecule has 0 bridgehead atoms. The summed E-state index contributed by atoms with van der Waals surface area (Å²) in [7, 11) is 0. The maximum atomic E-state index is 4.36. The maximum absolute atomic E-state index is 4.36. The van der Waals surface area contributed by atoms with Crippen molar-refractivity contribution in [3.8, 4) is 0 Å². The lowest BCUT2D eigenvalue weighted by Gasteiger charge is -2.24. The van der Waals surface area contributed by atoms with Gasteiger partial charge in [0.2, 0.25) is 0 Å². The van der Waals surface area contributed by atoms with E-state index in [4.69, 9.17) is 0 Å². The third-order valence-electron chi connectivity index (χ3n) is 3.52. The topological polar surface area (TPSA) is 0 Å². The van der Waals surface area contributed by atoms with E-state index in [-0.39, 0.29) is 4.08 Å². The van der Waals surface area contributed by atoms with Gasteiger partial charge >= 0.3 is 0 Å². The van der Waals surface area contributed by atoms with Crippen LogP contribution in [0.1, 0.15) is 36.1 Å². The van der Waals surface area contributed by atoms with Crippen molar-refractivity contribution in [2.45, 2.75) is 40.9 Å². The van der Waals surface area contributed by atoms with Crippen LogP contribution in [0.2, 0.25) is 0 Å². The highest BCUT2D eigenvalue weighted by molar-refractivity contribution is 8.17. The predicted octanol–water partition coefficient (Wildman–Crippen LogP) is 6.45. The summed E-state index contributed by atoms with van der Waals surface area (Å²) in [5.41, 5.74) is 5.35. The number of hydrogen-bond acceptors (Lipinski definition) is 4. The molecule has 2 rings (SSSR count). The number of thiol groups is 2. The zero-order valence-electron chi connectivity index (χ0n) is 13.7. The predicted molar refractivity (Wildman–Crippen MR) is 115 cm³/mol. The molecule has 0 N–H and O–H groups in total. The van der Waals surface area contributed by atoms with Gasteiger partial charge in [0.15, 0.2) is 0 Å². The summed E-state index contributed by atoms with van der Waals surface area (Å²) in [4.78, 5) is 0. The van der Waals surface area contributed by atoms with Crippen LogP contribution in [0.5, 0.6) is 0 Å². The van der Waals surface area contributed by atoms with E-state index in [0.717, 1.165) is 23.0 Å². The van der Waals surface area contributed by atoms with E-state index in [2.05, 4.69) is 87.6 Å². The molecular formula is C19H24S4. The van der Waals surface area contributed by atoms with Gasteiger partial charge in [0, 0.05) is 23.0 Å². The lowest BCUT2D eigenvalue weighted by Crippen LogP contribution is -2.09. The van der Waals surface area contributed by atoms with Crippen molar-refractivity contribution in [2.75, 3.05) is 0 Å². The number of rotatable bonds is 8. The van der Waals surface area contributed by atoms with Crippen molar-refractivity contribution in [1.29, 1.82) is 0 Å². The van der Waals surface area contributed by atoms with Crippen molar-refractivity contribution in [1.82, 2.24) is 0 Å². The molecule has 0 spiro atoms. The summed E-state index contributed by atoms with van der Waals surface area (Å²) in [5, 5.41) is 0. The molecule has 0 atom stereocenters. The highest BCUT2D eigenvalue weighted by Crippen LogP contribution is 2.40. The molecular weight excluding hydrogens is 356 g/mol. The van der Waals surface area contributed by atoms with E-state index in [9.17, 15) is 0 Å². The third kappa shape index (κ3) is 6.69. The van der Waals surface area contributed by atoms with Crippen molar-refractivity contribution >= 4 is 48.8 Å². The molecule has 0 heterocycles. The molecule has 0 aliphatic rings. The standard InChI is InChI=1S/C19H24S4/c1-19(2,22-13-17-7-3-5-15(9-17)11-20)23-14-18-8-4-6-16(10-18)12-21/h3-10,20-21H,11-14H2,1-2H3. The van der Waals surface area contributed by atoms with Crippen LogP contribution in [0.3, 0.4) is 0 Å². The van der Waals surface area contributed by atoms with Gasteiger partial charge < -0.3 is 0 Å². The van der Waals surface area contributed by atoms with E-state index in [1.54, 1.807) is 0 Å². The highest BCUT2D eigenvalue weighted by atomic mass is 32.2. The second kappa shape index (κ2) is 9.36. The average Bonchev–Trinajstić information content (AvgIpc) is 2.59. The summed E-state index contributed by atoms with van der Waals surface area (Å²) < 4.78 is 0.188. The molecule has 2 aromatic carbocycles. The van der Waals surface area contributed by atoms with Gasteiger partial charge in [-0.2, -0.15) is 25.3 Å². The van der Waals surface area contributed by atoms with Crippen LogP contribution >= 0.6 is 48.8 Å². The van der Waals surface area contributed by atoms with Crippen molar-refractivity contribution < 1.29 is 0 Å². The summed E-state index contributed by atoms with van der Waals surface area (Å²) in [6.45, 7) is 4.63. The molecule has 0 aliphatic carbocycles. The zero-order valence-corrected chi connectivity index (χ0v) is 17.1. The Kier molecular flexibility index (Phi) is 7.80. The van der Waals surface area contributed by atoms with Gasteiger partial charge in [-0.05, 0) is 36.1 Å². The second-order valence-electron chi connectivity index (χ2n) is 5.93. The fourth-order valence-electron chi connectivity index (χ4n) is 2.19. The zero-order chi connectivity index (χ0) is 16.7. The van der Waals surface area contributed by atoms with Crippen LogP contribution < -0.4 is 0 Å². The van der Waals surface area contributed by atoms with Gasteiger partial charge in [0.1, 0.15) is 0 Å². The molecule has 23 heavy (non-hydrogen) atoms. The molecule has 4 heteroatoms. The number of thioether (sulfide) groups is 2. The van der Waals surface area contributed by atoms with Gasteiger partial charge in [-0.25, -0.2) is 0 Å². The summed E-state index contributed by atoms with van der Waals surface area (Å²) in [5.74, 6) is 3.69. The van der Waals surface area contributed by atoms with Crippen LogP contribution in [-0.4, -0.2) is 4.08 Å². The molecule has 0 saturated carbocycles. The molecule has 0 saturated heterocycles. The number of benzene rings is 2. The van der Waals surface area contributed by atoms with Gasteiger partial charge in [-0.1, -0.05) is 48.5 Å². The first-order valence-electron chi connectivity index (χ1n) is 7.68. The van der Waals surface area contributed by atoms with E-state index in [1.807, 2.05) is 23.5 Å². The third-order valence-corrected chi connectivity index (χ3v) is 7.30. The molecule has 0 nitrogen and oxygen atoms in total. The van der Waals surface area contributed by atoms with Gasteiger partial charge in [0.25, 0.3) is 0 Å². The lowest BCUT2D eigenvalue weighted by atomic mass is 10.2. The molecule has 0 radical (unpaired) electrons. The first-order valence-corrected chi connectivity index (χ1v) is 10.9. The summed E-state index contributed by atoms with van der Waals surface area (Å²) in [6.07, 6.45) is 0. The normalized spacial score (nSPS) is 11.7. The Morgan fingerprint density at radius 1 is 0.739 bits per heavy atom. The Hall–Kier alpha value is -0.160. The fourth-order valence-corrected chi connectivity index (χ4v) is 4.66. The van der Waals surface area contributed by atoms with E-state index >= 15 is 0 Å². The minimum atomic E-state index is 0.188. The SMILES string of the molecule is CC(C)(SCc1cccc(CS)c1)SCc1cccc(CS)c1. The smallest absolute Gasteiger partial charge is 0.0561 e. The van der Waals surface area contributed by atoms with Crippen molar-refractivity contribution in [3.05, 3.63) is 70.8 Å². The van der Waals surface area contributed by atoms with Gasteiger partial charge in [-0.15, -0.1) is 23.5 Å². The highest BCUT2D eigenvalue weighted by Gasteiger charge is 2.19. The average molecular weight is 381 g/mol. The minimum Gasteiger partial charge on any atom is -0.175 e. The molecule has 0 amide bonds. The van der Waals surface area contributed by atoms with E-state index in [1.165, 1.54) is 22.3 Å². The van der Waals surface area contributed by atoms with Crippen LogP contribution in [0.4, 0.5) is 0 Å². The Morgan fingerprint density at radius 3 is 1.52 bits per heavy atom. The van der Waals surface area contributed by atoms with E-state index < -0.39 is 0 Å². The molecule has 2 aromatic rings. The van der Waals surface area contributed by atoms with Crippen LogP contribution in [0, 0.1) is 0 Å². The second-order valence-corrected chi connectivity index (χ2v) is 10.0. The van der Waals surface area contributed by atoms with Crippen molar-refractivity contribution in [2.24, 2.45) is 0 Å². The molecule has 0 unspecified atom stereocenters. The van der Waals surface area contributed by atoms with Crippen LogP contribution in [0.15, 0.2) is 48.5 Å². The van der Waals surface area contributed by atoms with E-state index in [0.29, 0.717) is 0 Å². The van der Waals surface area contributed by atoms with Crippen LogP contribution in [-0.2, 0) is 23.0 Å². The summed E-state index contributed by atoms with van der Waals surface area (Å²) >= 11 is 12.7. The van der Waals surface area contributed by atoms with Crippen LogP contribution in [0.25, 0.3) is 0 Å². The maximum Gasteiger partial charge on any atom is 0.0561 e. The Morgan fingerprint density at radius 2 is 1.13 bits per heavy atom. The molecule has 0 aliphatic heterocycles. The minimum absolute atomic E-state index is 0.188. The number of hydrogen-bond donors (Lipinski definition) is 2.